The Morgan fingerprint density at radius 1 is 1.15 bits per heavy atom. The molecule has 6 heteroatoms. The fraction of sp³-hybridized carbons (Fsp3) is 0.150. The molecule has 0 aromatic heterocycles. The van der Waals surface area contributed by atoms with Crippen molar-refractivity contribution >= 4 is 40.6 Å². The third kappa shape index (κ3) is 4.21. The summed E-state index contributed by atoms with van der Waals surface area (Å²) >= 11 is 1.27. The van der Waals surface area contributed by atoms with E-state index in [1.54, 1.807) is 6.08 Å². The number of hydrogen-bond donors (Lipinski definition) is 1. The minimum absolute atomic E-state index is 0.0114. The quantitative estimate of drug-likeness (QED) is 0.814. The highest BCUT2D eigenvalue weighted by molar-refractivity contribution is 8.14. The van der Waals surface area contributed by atoms with Crippen LogP contribution in [0, 0.1) is 6.92 Å². The van der Waals surface area contributed by atoms with Crippen molar-refractivity contribution in [2.75, 3.05) is 10.7 Å². The molecule has 0 saturated heterocycles. The van der Waals surface area contributed by atoms with Crippen LogP contribution in [0.25, 0.3) is 6.08 Å². The molecule has 0 aliphatic carbocycles. The molecule has 0 atom stereocenters. The number of aryl methyl sites for hydroxylation is 1. The number of hydrogen-bond acceptors (Lipinski definition) is 4. The highest BCUT2D eigenvalue weighted by Gasteiger charge is 2.31. The summed E-state index contributed by atoms with van der Waals surface area (Å²) in [6.45, 7) is 2.00. The summed E-state index contributed by atoms with van der Waals surface area (Å²) < 4.78 is 0. The number of nitrogens with zero attached hydrogens (tertiary/aromatic N) is 2. The molecule has 0 saturated carbocycles. The molecule has 3 rings (SSSR count). The molecule has 0 radical (unpaired) electrons. The van der Waals surface area contributed by atoms with Crippen LogP contribution in [0.4, 0.5) is 5.69 Å². The number of rotatable bonds is 5. The van der Waals surface area contributed by atoms with Crippen LogP contribution < -0.4 is 4.90 Å². The lowest BCUT2D eigenvalue weighted by Crippen LogP contribution is -2.30. The second-order valence-electron chi connectivity index (χ2n) is 5.80. The van der Waals surface area contributed by atoms with Gasteiger partial charge in [-0.25, -0.2) is 4.99 Å². The van der Waals surface area contributed by atoms with E-state index in [0.29, 0.717) is 22.3 Å². The normalized spacial score (nSPS) is 15.4. The average Bonchev–Trinajstić information content (AvgIpc) is 2.93. The second-order valence-corrected chi connectivity index (χ2v) is 6.87. The van der Waals surface area contributed by atoms with Gasteiger partial charge in [0.25, 0.3) is 5.91 Å². The molecule has 0 spiro atoms. The molecular weight excluding hydrogens is 348 g/mol. The standard InChI is InChI=1S/C20H18N2O3S/c1-14-7-9-15(10-8-14)13-17-19(25)22(16-5-3-2-4-6-16)20(21-17)26-12-11-18(23)24/h2-10,13H,11-12H2,1H3,(H,23,24)/b17-13+. The van der Waals surface area contributed by atoms with Crippen LogP contribution in [-0.4, -0.2) is 27.9 Å². The topological polar surface area (TPSA) is 70.0 Å². The minimum Gasteiger partial charge on any atom is -0.481 e. The van der Waals surface area contributed by atoms with E-state index >= 15 is 0 Å². The van der Waals surface area contributed by atoms with Gasteiger partial charge in [-0.05, 0) is 30.7 Å². The smallest absolute Gasteiger partial charge is 0.304 e. The van der Waals surface area contributed by atoms with E-state index in [1.165, 1.54) is 16.7 Å². The SMILES string of the molecule is Cc1ccc(/C=C2/N=C(SCCC(=O)O)N(c3ccccc3)C2=O)cc1. The maximum Gasteiger partial charge on any atom is 0.304 e. The van der Waals surface area contributed by atoms with Crippen molar-refractivity contribution in [2.24, 2.45) is 4.99 Å². The van der Waals surface area contributed by atoms with Gasteiger partial charge in [0.1, 0.15) is 5.70 Å². The van der Waals surface area contributed by atoms with Crippen LogP contribution in [-0.2, 0) is 9.59 Å². The maximum atomic E-state index is 12.9. The lowest BCUT2D eigenvalue weighted by molar-refractivity contribution is -0.136. The molecule has 1 aliphatic rings. The number of para-hydroxylation sites is 1. The lowest BCUT2D eigenvalue weighted by Gasteiger charge is -2.17. The zero-order valence-electron chi connectivity index (χ0n) is 14.3. The molecule has 2 aromatic carbocycles. The fourth-order valence-electron chi connectivity index (χ4n) is 2.45. The number of aliphatic imine (C=N–C) groups is 1. The Balaban J connectivity index is 1.91. The minimum atomic E-state index is -0.871. The van der Waals surface area contributed by atoms with E-state index in [9.17, 15) is 9.59 Å². The van der Waals surface area contributed by atoms with Crippen molar-refractivity contribution in [1.82, 2.24) is 0 Å². The molecule has 1 amide bonds. The number of carboxylic acids is 1. The second kappa shape index (κ2) is 8.01. The van der Waals surface area contributed by atoms with E-state index in [1.807, 2.05) is 61.5 Å². The fourth-order valence-corrected chi connectivity index (χ4v) is 3.39. The first-order valence-corrected chi connectivity index (χ1v) is 9.14. The monoisotopic (exact) mass is 366 g/mol. The molecule has 1 N–H and O–H groups in total. The summed E-state index contributed by atoms with van der Waals surface area (Å²) in [5.41, 5.74) is 3.10. The van der Waals surface area contributed by atoms with Gasteiger partial charge in [0, 0.05) is 5.75 Å². The van der Waals surface area contributed by atoms with Gasteiger partial charge in [-0.15, -0.1) is 0 Å². The Morgan fingerprint density at radius 3 is 2.50 bits per heavy atom. The van der Waals surface area contributed by atoms with Gasteiger partial charge in [0.15, 0.2) is 5.17 Å². The lowest BCUT2D eigenvalue weighted by atomic mass is 10.1. The van der Waals surface area contributed by atoms with Gasteiger partial charge in [-0.1, -0.05) is 59.8 Å². The summed E-state index contributed by atoms with van der Waals surface area (Å²) in [4.78, 5) is 29.7. The van der Waals surface area contributed by atoms with Crippen LogP contribution in [0.5, 0.6) is 0 Å². The van der Waals surface area contributed by atoms with E-state index in [2.05, 4.69) is 4.99 Å². The summed E-state index contributed by atoms with van der Waals surface area (Å²) in [6, 6.07) is 17.1. The zero-order chi connectivity index (χ0) is 18.5. The van der Waals surface area contributed by atoms with Gasteiger partial charge in [0.2, 0.25) is 0 Å². The number of thioether (sulfide) groups is 1. The van der Waals surface area contributed by atoms with E-state index < -0.39 is 5.97 Å². The van der Waals surface area contributed by atoms with Gasteiger partial charge in [-0.3, -0.25) is 14.5 Å². The first kappa shape index (κ1) is 17.9. The number of benzene rings is 2. The van der Waals surface area contributed by atoms with Crippen molar-refractivity contribution in [1.29, 1.82) is 0 Å². The number of carbonyl (C=O) groups excluding carboxylic acids is 1. The van der Waals surface area contributed by atoms with Crippen LogP contribution in [0.15, 0.2) is 65.3 Å². The molecule has 5 nitrogen and oxygen atoms in total. The Bertz CT molecular complexity index is 874. The molecule has 132 valence electrons. The number of amidine groups is 1. The first-order valence-electron chi connectivity index (χ1n) is 8.16. The molecule has 1 heterocycles. The third-order valence-electron chi connectivity index (χ3n) is 3.77. The Kier molecular flexibility index (Phi) is 5.53. The molecule has 26 heavy (non-hydrogen) atoms. The Labute approximate surface area is 156 Å². The molecule has 0 unspecified atom stereocenters. The zero-order valence-corrected chi connectivity index (χ0v) is 15.1. The summed E-state index contributed by atoms with van der Waals surface area (Å²) in [5.74, 6) is -0.735. The molecule has 0 bridgehead atoms. The van der Waals surface area contributed by atoms with Crippen LogP contribution in [0.3, 0.4) is 0 Å². The Morgan fingerprint density at radius 2 is 1.85 bits per heavy atom. The van der Waals surface area contributed by atoms with Gasteiger partial charge < -0.3 is 5.11 Å². The van der Waals surface area contributed by atoms with Gasteiger partial charge in [0.05, 0.1) is 12.1 Å². The number of anilines is 1. The van der Waals surface area contributed by atoms with Crippen LogP contribution >= 0.6 is 11.8 Å². The molecular formula is C20H18N2O3S. The van der Waals surface area contributed by atoms with Gasteiger partial charge in [-0.2, -0.15) is 0 Å². The van der Waals surface area contributed by atoms with Crippen LogP contribution in [0.2, 0.25) is 0 Å². The van der Waals surface area contributed by atoms with Gasteiger partial charge >= 0.3 is 5.97 Å². The molecule has 0 fully saturated rings. The van der Waals surface area contributed by atoms with Crippen molar-refractivity contribution in [3.63, 3.8) is 0 Å². The highest BCUT2D eigenvalue weighted by Crippen LogP contribution is 2.29. The third-order valence-corrected chi connectivity index (χ3v) is 4.71. The van der Waals surface area contributed by atoms with Crippen molar-refractivity contribution in [3.8, 4) is 0 Å². The highest BCUT2D eigenvalue weighted by atomic mass is 32.2. The predicted molar refractivity (Wildman–Crippen MR) is 105 cm³/mol. The van der Waals surface area contributed by atoms with E-state index in [-0.39, 0.29) is 12.3 Å². The average molecular weight is 366 g/mol. The van der Waals surface area contributed by atoms with Crippen molar-refractivity contribution in [3.05, 3.63) is 71.4 Å². The van der Waals surface area contributed by atoms with Crippen LogP contribution in [0.1, 0.15) is 17.5 Å². The van der Waals surface area contributed by atoms with Crippen molar-refractivity contribution < 1.29 is 14.7 Å². The summed E-state index contributed by atoms with van der Waals surface area (Å²) in [7, 11) is 0. The first-order chi connectivity index (χ1) is 12.5. The number of carboxylic acid groups (broad SMARTS) is 1. The molecule has 1 aliphatic heterocycles. The maximum absolute atomic E-state index is 12.9. The number of amides is 1. The largest absolute Gasteiger partial charge is 0.481 e. The number of carbonyl (C=O) groups is 2. The van der Waals surface area contributed by atoms with Crippen molar-refractivity contribution in [2.45, 2.75) is 13.3 Å². The predicted octanol–water partition coefficient (Wildman–Crippen LogP) is 3.95. The van der Waals surface area contributed by atoms with E-state index in [0.717, 1.165) is 11.1 Å². The number of aliphatic carboxylic acids is 1. The molecule has 2 aromatic rings. The van der Waals surface area contributed by atoms with E-state index in [4.69, 9.17) is 5.11 Å². The summed E-state index contributed by atoms with van der Waals surface area (Å²) in [6.07, 6.45) is 1.76. The Hall–Kier alpha value is -2.86. The summed E-state index contributed by atoms with van der Waals surface area (Å²) in [5, 5.41) is 9.35.